The maximum absolute atomic E-state index is 10.6. The molecule has 3 N–H and O–H groups in total. The molecular weight excluding hydrogens is 271 g/mol. The Morgan fingerprint density at radius 3 is 2.33 bits per heavy atom. The monoisotopic (exact) mass is 288 g/mol. The minimum Gasteiger partial charge on any atom is -0.779 e. The molecule has 0 aliphatic heterocycles. The number of benzene rings is 1. The maximum atomic E-state index is 10.6. The van der Waals surface area contributed by atoms with Crippen molar-refractivity contribution in [2.75, 3.05) is 6.16 Å². The van der Waals surface area contributed by atoms with Crippen LogP contribution < -0.4 is 40.2 Å². The van der Waals surface area contributed by atoms with Gasteiger partial charge in [-0.05, 0) is 17.9 Å². The first-order valence-electron chi connectivity index (χ1n) is 5.23. The molecule has 3 unspecified atom stereocenters. The van der Waals surface area contributed by atoms with E-state index in [1.54, 1.807) is 0 Å². The number of hydrogen-bond donors (Lipinski definition) is 2. The van der Waals surface area contributed by atoms with Crippen LogP contribution in [0.2, 0.25) is 0 Å². The third-order valence-electron chi connectivity index (χ3n) is 2.71. The molecule has 1 radical (unpaired) electrons. The van der Waals surface area contributed by atoms with Crippen LogP contribution in [0.25, 0.3) is 0 Å². The summed E-state index contributed by atoms with van der Waals surface area (Å²) in [4.78, 5) is 19.3. The molecule has 0 aliphatic rings. The fraction of sp³-hybridized carbons (Fsp3) is 0.455. The van der Waals surface area contributed by atoms with Crippen molar-refractivity contribution < 1.29 is 43.9 Å². The second kappa shape index (κ2) is 10.1. The predicted octanol–water partition coefficient (Wildman–Crippen LogP) is -2.32. The molecule has 1 rings (SSSR count). The van der Waals surface area contributed by atoms with E-state index in [0.29, 0.717) is 0 Å². The van der Waals surface area contributed by atoms with E-state index in [-0.39, 0.29) is 83.7 Å². The molecule has 0 heterocycles. The van der Waals surface area contributed by atoms with Gasteiger partial charge in [0.2, 0.25) is 0 Å². The molecule has 3 atom stereocenters. The van der Waals surface area contributed by atoms with Crippen molar-refractivity contribution in [1.82, 2.24) is 0 Å². The van der Waals surface area contributed by atoms with E-state index in [2.05, 4.69) is 0 Å². The normalized spacial score (nSPS) is 16.7. The molecule has 0 fully saturated rings. The zero-order chi connectivity index (χ0) is 12.2. The molecule has 7 heteroatoms. The van der Waals surface area contributed by atoms with Gasteiger partial charge in [0.25, 0.3) is 0 Å². The van der Waals surface area contributed by atoms with Crippen LogP contribution in [-0.2, 0) is 4.57 Å². The van der Waals surface area contributed by atoms with Crippen LogP contribution in [0.1, 0.15) is 24.8 Å². The summed E-state index contributed by atoms with van der Waals surface area (Å²) >= 11 is 0. The molecule has 0 saturated carbocycles. The van der Waals surface area contributed by atoms with E-state index in [1.807, 2.05) is 37.3 Å². The van der Waals surface area contributed by atoms with Crippen molar-refractivity contribution in [2.24, 2.45) is 5.73 Å². The Balaban J connectivity index is 0. The third-order valence-corrected chi connectivity index (χ3v) is 3.54. The summed E-state index contributed by atoms with van der Waals surface area (Å²) in [5, 5.41) is 0. The van der Waals surface area contributed by atoms with Gasteiger partial charge in [-0.1, -0.05) is 37.3 Å². The summed E-state index contributed by atoms with van der Waals surface area (Å²) < 4.78 is 10.6. The molecule has 4 nitrogen and oxygen atoms in total. The van der Waals surface area contributed by atoms with Gasteiger partial charge in [-0.2, -0.15) is 0 Å². The van der Waals surface area contributed by atoms with Gasteiger partial charge in [-0.25, -0.2) is 0 Å². The average Bonchev–Trinajstić information content (AvgIpc) is 2.25. The number of nitrogens with two attached hydrogens (primary N) is 1. The molecule has 0 aromatic heterocycles. The average molecular weight is 288 g/mol. The van der Waals surface area contributed by atoms with Crippen LogP contribution in [0.15, 0.2) is 30.3 Å². The molecule has 18 heavy (non-hydrogen) atoms. The van der Waals surface area contributed by atoms with Crippen molar-refractivity contribution in [3.05, 3.63) is 35.9 Å². The van der Waals surface area contributed by atoms with Crippen molar-refractivity contribution in [2.45, 2.75) is 25.3 Å². The smallest absolute Gasteiger partial charge is 0.779 e. The van der Waals surface area contributed by atoms with Gasteiger partial charge in [0, 0.05) is 41.8 Å². The fourth-order valence-corrected chi connectivity index (χ4v) is 2.19. The van der Waals surface area contributed by atoms with Crippen LogP contribution in [0, 0.1) is 0 Å². The molecule has 1 aromatic rings. The predicted molar refractivity (Wildman–Crippen MR) is 67.9 cm³/mol. The van der Waals surface area contributed by atoms with Crippen LogP contribution in [0.5, 0.6) is 0 Å². The standard InChI is InChI=1S/C11H18NO3P.2Na/c1-9(10-5-3-2-4-6-10)11(12)7-8-16(13,14)15;;/h2-6,9,11H,7-8,12H2,1H3,(H2,13,14,15);;/q;;+1/p-1. The Labute approximate surface area is 152 Å². The molecule has 0 bridgehead atoms. The summed E-state index contributed by atoms with van der Waals surface area (Å²) in [6.07, 6.45) is 0.0126. The van der Waals surface area contributed by atoms with Gasteiger partial charge in [0.05, 0.1) is 0 Å². The van der Waals surface area contributed by atoms with Crippen molar-refractivity contribution >= 4 is 37.2 Å². The SMILES string of the molecule is CC(c1ccccc1)C(N)CCP(=O)([O-])O.[Na+].[Na]. The summed E-state index contributed by atoms with van der Waals surface area (Å²) in [5.74, 6) is 0.0766. The van der Waals surface area contributed by atoms with E-state index >= 15 is 0 Å². The maximum Gasteiger partial charge on any atom is 1.00 e. The zero-order valence-electron chi connectivity index (χ0n) is 11.2. The minimum absolute atomic E-state index is 0. The van der Waals surface area contributed by atoms with Gasteiger partial charge in [-0.3, -0.25) is 0 Å². The van der Waals surface area contributed by atoms with Gasteiger partial charge in [-0.15, -0.1) is 0 Å². The van der Waals surface area contributed by atoms with Crippen LogP contribution in [0.3, 0.4) is 0 Å². The second-order valence-electron chi connectivity index (χ2n) is 4.01. The number of rotatable bonds is 5. The van der Waals surface area contributed by atoms with Crippen molar-refractivity contribution in [1.29, 1.82) is 0 Å². The van der Waals surface area contributed by atoms with E-state index in [4.69, 9.17) is 10.6 Å². The van der Waals surface area contributed by atoms with Gasteiger partial charge in [0.1, 0.15) is 7.60 Å². The molecule has 0 aliphatic carbocycles. The molecule has 0 spiro atoms. The largest absolute Gasteiger partial charge is 1.00 e. The van der Waals surface area contributed by atoms with Gasteiger partial charge >= 0.3 is 29.6 Å². The molecule has 91 valence electrons. The zero-order valence-corrected chi connectivity index (χ0v) is 16.1. The summed E-state index contributed by atoms with van der Waals surface area (Å²) in [6, 6.07) is 9.41. The van der Waals surface area contributed by atoms with Crippen molar-refractivity contribution in [3.63, 3.8) is 0 Å². The quantitative estimate of drug-likeness (QED) is 0.470. The Bertz CT molecular complexity index is 372. The molecule has 0 saturated heterocycles. The van der Waals surface area contributed by atoms with E-state index < -0.39 is 7.60 Å². The Kier molecular flexibility index (Phi) is 12.2. The van der Waals surface area contributed by atoms with E-state index in [0.717, 1.165) is 5.56 Å². The van der Waals surface area contributed by atoms with Crippen molar-refractivity contribution in [3.8, 4) is 0 Å². The van der Waals surface area contributed by atoms with Crippen LogP contribution in [0.4, 0.5) is 0 Å². The summed E-state index contributed by atoms with van der Waals surface area (Å²) in [7, 11) is -4.18. The van der Waals surface area contributed by atoms with Gasteiger partial charge < -0.3 is 20.1 Å². The first kappa shape index (κ1) is 21.6. The number of hydrogen-bond acceptors (Lipinski definition) is 3. The second-order valence-corrected chi connectivity index (χ2v) is 5.74. The summed E-state index contributed by atoms with van der Waals surface area (Å²) in [5.41, 5.74) is 6.96. The van der Waals surface area contributed by atoms with Crippen LogP contribution in [-0.4, -0.2) is 46.7 Å². The third kappa shape index (κ3) is 8.49. The first-order chi connectivity index (χ1) is 7.40. The topological polar surface area (TPSA) is 86.4 Å². The Hall–Kier alpha value is 1.33. The Morgan fingerprint density at radius 2 is 1.89 bits per heavy atom. The Morgan fingerprint density at radius 1 is 1.39 bits per heavy atom. The van der Waals surface area contributed by atoms with Crippen LogP contribution >= 0.6 is 7.60 Å². The summed E-state index contributed by atoms with van der Waals surface area (Å²) in [6.45, 7) is 1.95. The fourth-order valence-electron chi connectivity index (χ4n) is 1.57. The first-order valence-corrected chi connectivity index (χ1v) is 7.00. The minimum atomic E-state index is -4.18. The van der Waals surface area contributed by atoms with Gasteiger partial charge in [0.15, 0.2) is 0 Å². The van der Waals surface area contributed by atoms with E-state index in [9.17, 15) is 9.46 Å². The molecular formula is C11H17NNa2O3P. The molecule has 1 aromatic carbocycles. The molecule has 0 amide bonds. The van der Waals surface area contributed by atoms with E-state index in [1.165, 1.54) is 0 Å².